The summed E-state index contributed by atoms with van der Waals surface area (Å²) in [5, 5.41) is 0.480. The number of carbonyl (C=O) groups excluding carboxylic acids is 1. The van der Waals surface area contributed by atoms with Crippen LogP contribution in [-0.2, 0) is 9.47 Å². The molecule has 6 heteroatoms. The minimum absolute atomic E-state index is 0.0348. The number of ether oxygens (including phenoxy) is 2. The fraction of sp³-hybridized carbons (Fsp3) is 0.500. The van der Waals surface area contributed by atoms with Crippen molar-refractivity contribution in [2.24, 2.45) is 0 Å². The maximum absolute atomic E-state index is 13.1. The molecule has 3 heterocycles. The van der Waals surface area contributed by atoms with Gasteiger partial charge in [0.25, 0.3) is 5.91 Å². The lowest BCUT2D eigenvalue weighted by Crippen LogP contribution is -2.42. The number of rotatable bonds is 5. The molecule has 138 valence electrons. The van der Waals surface area contributed by atoms with Crippen molar-refractivity contribution in [3.05, 3.63) is 46.3 Å². The van der Waals surface area contributed by atoms with Gasteiger partial charge in [-0.1, -0.05) is 12.1 Å². The van der Waals surface area contributed by atoms with E-state index in [4.69, 9.17) is 13.9 Å². The van der Waals surface area contributed by atoms with Crippen LogP contribution in [0.3, 0.4) is 0 Å². The van der Waals surface area contributed by atoms with Crippen LogP contribution in [0.5, 0.6) is 0 Å². The molecule has 4 rings (SSSR count). The zero-order chi connectivity index (χ0) is 17.9. The van der Waals surface area contributed by atoms with Gasteiger partial charge in [0.1, 0.15) is 5.58 Å². The molecule has 2 aromatic rings. The minimum Gasteiger partial charge on any atom is -0.451 e. The van der Waals surface area contributed by atoms with E-state index in [0.717, 1.165) is 38.9 Å². The van der Waals surface area contributed by atoms with Gasteiger partial charge in [-0.3, -0.25) is 9.59 Å². The monoisotopic (exact) mass is 357 g/mol. The van der Waals surface area contributed by atoms with Crippen LogP contribution in [-0.4, -0.2) is 49.3 Å². The predicted octanol–water partition coefficient (Wildman–Crippen LogP) is 2.59. The van der Waals surface area contributed by atoms with Crippen molar-refractivity contribution in [1.82, 2.24) is 4.90 Å². The van der Waals surface area contributed by atoms with E-state index < -0.39 is 0 Å². The molecule has 0 saturated carbocycles. The van der Waals surface area contributed by atoms with E-state index >= 15 is 0 Å². The molecule has 1 amide bonds. The summed E-state index contributed by atoms with van der Waals surface area (Å²) in [4.78, 5) is 27.2. The number of benzene rings is 1. The predicted molar refractivity (Wildman–Crippen MR) is 96.3 cm³/mol. The molecule has 0 radical (unpaired) electrons. The highest BCUT2D eigenvalue weighted by Gasteiger charge is 2.29. The average molecular weight is 357 g/mol. The molecule has 1 aromatic heterocycles. The van der Waals surface area contributed by atoms with Gasteiger partial charge in [0, 0.05) is 32.4 Å². The highest BCUT2D eigenvalue weighted by Crippen LogP contribution is 2.20. The number of hydrogen-bond donors (Lipinski definition) is 0. The average Bonchev–Trinajstić information content (AvgIpc) is 3.34. The fourth-order valence-corrected chi connectivity index (χ4v) is 3.67. The third-order valence-electron chi connectivity index (χ3n) is 5.03. The first-order valence-corrected chi connectivity index (χ1v) is 9.26. The number of carbonyl (C=O) groups is 1. The van der Waals surface area contributed by atoms with Crippen LogP contribution in [0.25, 0.3) is 11.0 Å². The van der Waals surface area contributed by atoms with Crippen LogP contribution in [0.4, 0.5) is 0 Å². The van der Waals surface area contributed by atoms with E-state index in [9.17, 15) is 9.59 Å². The Labute approximate surface area is 151 Å². The van der Waals surface area contributed by atoms with E-state index in [1.54, 1.807) is 29.2 Å². The SMILES string of the molecule is O=C(c1cc(=O)c2ccccc2o1)N(C[C@@H]1CCCO1)C[C@@H]1CCCO1. The van der Waals surface area contributed by atoms with E-state index in [2.05, 4.69) is 0 Å². The number of fused-ring (bicyclic) bond motifs is 1. The van der Waals surface area contributed by atoms with Crippen molar-refractivity contribution in [1.29, 1.82) is 0 Å². The summed E-state index contributed by atoms with van der Waals surface area (Å²) in [6.07, 6.45) is 3.98. The zero-order valence-corrected chi connectivity index (χ0v) is 14.7. The van der Waals surface area contributed by atoms with Crippen LogP contribution >= 0.6 is 0 Å². The maximum Gasteiger partial charge on any atom is 0.289 e. The van der Waals surface area contributed by atoms with E-state index in [-0.39, 0.29) is 29.3 Å². The summed E-state index contributed by atoms with van der Waals surface area (Å²) in [7, 11) is 0. The molecule has 0 spiro atoms. The van der Waals surface area contributed by atoms with Crippen molar-refractivity contribution < 1.29 is 18.7 Å². The van der Waals surface area contributed by atoms with Crippen molar-refractivity contribution in [3.8, 4) is 0 Å². The third kappa shape index (κ3) is 3.66. The molecule has 2 fully saturated rings. The summed E-state index contributed by atoms with van der Waals surface area (Å²) in [6, 6.07) is 8.27. The van der Waals surface area contributed by atoms with Crippen LogP contribution in [0.2, 0.25) is 0 Å². The van der Waals surface area contributed by atoms with Crippen LogP contribution in [0.1, 0.15) is 36.2 Å². The Morgan fingerprint density at radius 2 is 1.69 bits per heavy atom. The van der Waals surface area contributed by atoms with Gasteiger partial charge in [0.05, 0.1) is 17.6 Å². The van der Waals surface area contributed by atoms with Crippen molar-refractivity contribution in [3.63, 3.8) is 0 Å². The smallest absolute Gasteiger partial charge is 0.289 e. The van der Waals surface area contributed by atoms with Crippen molar-refractivity contribution in [2.45, 2.75) is 37.9 Å². The number of nitrogens with zero attached hydrogens (tertiary/aromatic N) is 1. The number of hydrogen-bond acceptors (Lipinski definition) is 5. The summed E-state index contributed by atoms with van der Waals surface area (Å²) in [5.41, 5.74) is 0.224. The van der Waals surface area contributed by atoms with Gasteiger partial charge in [-0.2, -0.15) is 0 Å². The highest BCUT2D eigenvalue weighted by molar-refractivity contribution is 5.93. The summed E-state index contributed by atoms with van der Waals surface area (Å²) >= 11 is 0. The Hall–Kier alpha value is -2.18. The van der Waals surface area contributed by atoms with Crippen molar-refractivity contribution in [2.75, 3.05) is 26.3 Å². The van der Waals surface area contributed by atoms with Gasteiger partial charge in [-0.15, -0.1) is 0 Å². The Balaban J connectivity index is 1.60. The molecule has 2 saturated heterocycles. The van der Waals surface area contributed by atoms with E-state index in [1.165, 1.54) is 6.07 Å². The molecular formula is C20H23NO5. The Morgan fingerprint density at radius 1 is 1.04 bits per heavy atom. The Bertz CT molecular complexity index is 815. The first-order chi connectivity index (χ1) is 12.7. The van der Waals surface area contributed by atoms with Gasteiger partial charge in [0.15, 0.2) is 11.2 Å². The Morgan fingerprint density at radius 3 is 2.31 bits per heavy atom. The first-order valence-electron chi connectivity index (χ1n) is 9.26. The van der Waals surface area contributed by atoms with Gasteiger partial charge < -0.3 is 18.8 Å². The van der Waals surface area contributed by atoms with Crippen LogP contribution in [0.15, 0.2) is 39.5 Å². The lowest BCUT2D eigenvalue weighted by atomic mass is 10.1. The molecule has 0 bridgehead atoms. The molecule has 1 aromatic carbocycles. The second-order valence-corrected chi connectivity index (χ2v) is 6.95. The second-order valence-electron chi connectivity index (χ2n) is 6.95. The normalized spacial score (nSPS) is 22.8. The topological polar surface area (TPSA) is 69.0 Å². The molecule has 2 aliphatic heterocycles. The van der Waals surface area contributed by atoms with Gasteiger partial charge >= 0.3 is 0 Å². The second kappa shape index (κ2) is 7.60. The molecule has 2 atom stereocenters. The largest absolute Gasteiger partial charge is 0.451 e. The molecule has 2 aliphatic rings. The fourth-order valence-electron chi connectivity index (χ4n) is 3.67. The standard InChI is InChI=1S/C20H23NO5/c22-17-11-19(26-18-8-2-1-7-16(17)18)20(23)21(12-14-5-3-9-24-14)13-15-6-4-10-25-15/h1-2,7-8,11,14-15H,3-6,9-10,12-13H2/t14-,15-/m0/s1. The quantitative estimate of drug-likeness (QED) is 0.823. The molecule has 6 nitrogen and oxygen atoms in total. The van der Waals surface area contributed by atoms with Gasteiger partial charge in [-0.25, -0.2) is 0 Å². The molecule has 0 aliphatic carbocycles. The molecule has 0 N–H and O–H groups in total. The van der Waals surface area contributed by atoms with Gasteiger partial charge in [-0.05, 0) is 37.8 Å². The summed E-state index contributed by atoms with van der Waals surface area (Å²) in [5.74, 6) is -0.205. The molecule has 26 heavy (non-hydrogen) atoms. The number of para-hydroxylation sites is 1. The minimum atomic E-state index is -0.279. The van der Waals surface area contributed by atoms with Crippen LogP contribution in [0, 0.1) is 0 Å². The first kappa shape index (κ1) is 17.2. The Kier molecular flexibility index (Phi) is 5.04. The summed E-state index contributed by atoms with van der Waals surface area (Å²) in [6.45, 7) is 2.46. The molecular weight excluding hydrogens is 334 g/mol. The third-order valence-corrected chi connectivity index (χ3v) is 5.03. The van der Waals surface area contributed by atoms with Crippen molar-refractivity contribution >= 4 is 16.9 Å². The highest BCUT2D eigenvalue weighted by atomic mass is 16.5. The maximum atomic E-state index is 13.1. The van der Waals surface area contributed by atoms with E-state index in [1.807, 2.05) is 0 Å². The van der Waals surface area contributed by atoms with Gasteiger partial charge in [0.2, 0.25) is 0 Å². The summed E-state index contributed by atoms with van der Waals surface area (Å²) < 4.78 is 17.1. The lowest BCUT2D eigenvalue weighted by Gasteiger charge is -2.27. The van der Waals surface area contributed by atoms with Crippen LogP contribution < -0.4 is 5.43 Å². The zero-order valence-electron chi connectivity index (χ0n) is 14.7. The lowest BCUT2D eigenvalue weighted by molar-refractivity contribution is 0.0290. The number of amides is 1. The van der Waals surface area contributed by atoms with E-state index in [0.29, 0.717) is 24.1 Å². The molecule has 0 unspecified atom stereocenters.